The van der Waals surface area contributed by atoms with Crippen LogP contribution in [0.4, 0.5) is 5.69 Å². The van der Waals surface area contributed by atoms with Crippen LogP contribution in [0.2, 0.25) is 10.3 Å². The van der Waals surface area contributed by atoms with Crippen LogP contribution in [-0.4, -0.2) is 34.5 Å². The second-order valence-electron chi connectivity index (χ2n) is 4.22. The molecule has 0 amide bonds. The highest BCUT2D eigenvalue weighted by Gasteiger charge is 2.23. The molecule has 17 heavy (non-hydrogen) atoms. The summed E-state index contributed by atoms with van der Waals surface area (Å²) in [6, 6.07) is 1.81. The van der Waals surface area contributed by atoms with Crippen molar-refractivity contribution in [3.05, 3.63) is 16.4 Å². The van der Waals surface area contributed by atoms with Gasteiger partial charge < -0.3 is 10.0 Å². The van der Waals surface area contributed by atoms with E-state index in [0.29, 0.717) is 10.3 Å². The molecular weight excluding hydrogens is 261 g/mol. The van der Waals surface area contributed by atoms with Gasteiger partial charge in [-0.2, -0.15) is 0 Å². The minimum atomic E-state index is 0.0928. The summed E-state index contributed by atoms with van der Waals surface area (Å²) in [5.74, 6) is 0. The molecule has 0 saturated carbocycles. The third kappa shape index (κ3) is 3.00. The van der Waals surface area contributed by atoms with Crippen LogP contribution in [-0.2, 0) is 0 Å². The van der Waals surface area contributed by atoms with Crippen molar-refractivity contribution in [2.24, 2.45) is 0 Å². The molecule has 1 aromatic heterocycles. The molecule has 0 aromatic carbocycles. The predicted octanol–water partition coefficient (Wildman–Crippen LogP) is 2.52. The fourth-order valence-corrected chi connectivity index (χ4v) is 2.57. The maximum atomic E-state index is 9.45. The summed E-state index contributed by atoms with van der Waals surface area (Å²) < 4.78 is 0. The maximum Gasteiger partial charge on any atom is 0.175 e. The van der Waals surface area contributed by atoms with Gasteiger partial charge in [-0.1, -0.05) is 36.0 Å². The lowest BCUT2D eigenvalue weighted by molar-refractivity contribution is 0.255. The lowest BCUT2D eigenvalue weighted by Gasteiger charge is -2.30. The lowest BCUT2D eigenvalue weighted by atomic mass is 10.1. The van der Waals surface area contributed by atoms with Gasteiger partial charge in [0.25, 0.3) is 0 Å². The van der Waals surface area contributed by atoms with Gasteiger partial charge in [0, 0.05) is 12.6 Å². The van der Waals surface area contributed by atoms with Gasteiger partial charge in [0.1, 0.15) is 0 Å². The Labute approximate surface area is 111 Å². The number of aliphatic hydroxyl groups excluding tert-OH is 1. The summed E-state index contributed by atoms with van der Waals surface area (Å²) in [6.07, 6.45) is 4.36. The Morgan fingerprint density at radius 1 is 1.29 bits per heavy atom. The van der Waals surface area contributed by atoms with Crippen molar-refractivity contribution in [3.8, 4) is 0 Å². The molecular formula is C11H15Cl2N3O. The van der Waals surface area contributed by atoms with Crippen LogP contribution >= 0.6 is 23.2 Å². The Kier molecular flexibility index (Phi) is 4.42. The molecule has 1 saturated heterocycles. The summed E-state index contributed by atoms with van der Waals surface area (Å²) in [4.78, 5) is 2.09. The van der Waals surface area contributed by atoms with Crippen LogP contribution in [0.3, 0.4) is 0 Å². The number of aromatic nitrogens is 2. The van der Waals surface area contributed by atoms with Crippen molar-refractivity contribution in [2.75, 3.05) is 18.1 Å². The Hall–Kier alpha value is -0.580. The molecule has 1 fully saturated rings. The van der Waals surface area contributed by atoms with Crippen LogP contribution < -0.4 is 4.90 Å². The normalized spacial score (nSPS) is 21.4. The Balaban J connectivity index is 2.31. The largest absolute Gasteiger partial charge is 0.394 e. The van der Waals surface area contributed by atoms with Crippen LogP contribution in [0.25, 0.3) is 0 Å². The number of nitrogens with zero attached hydrogens (tertiary/aromatic N) is 3. The summed E-state index contributed by atoms with van der Waals surface area (Å²) in [7, 11) is 0. The standard InChI is InChI=1S/C11H15Cl2N3O/c12-10-6-9(11(13)15-14-10)16-5-3-1-2-4-8(16)7-17/h6,8,17H,1-5,7H2. The molecule has 1 aromatic rings. The van der Waals surface area contributed by atoms with E-state index >= 15 is 0 Å². The number of anilines is 1. The lowest BCUT2D eigenvalue weighted by Crippen LogP contribution is -2.37. The van der Waals surface area contributed by atoms with Crippen molar-refractivity contribution in [3.63, 3.8) is 0 Å². The molecule has 0 radical (unpaired) electrons. The topological polar surface area (TPSA) is 49.2 Å². The molecule has 1 aliphatic rings. The average molecular weight is 276 g/mol. The van der Waals surface area contributed by atoms with Gasteiger partial charge in [0.2, 0.25) is 0 Å². The zero-order chi connectivity index (χ0) is 12.3. The van der Waals surface area contributed by atoms with Gasteiger partial charge in [-0.25, -0.2) is 0 Å². The number of rotatable bonds is 2. The van der Waals surface area contributed by atoms with Gasteiger partial charge in [-0.15, -0.1) is 10.2 Å². The van der Waals surface area contributed by atoms with Crippen molar-refractivity contribution in [2.45, 2.75) is 31.7 Å². The summed E-state index contributed by atoms with van der Waals surface area (Å²) >= 11 is 11.9. The zero-order valence-electron chi connectivity index (χ0n) is 9.44. The first kappa shape index (κ1) is 12.9. The zero-order valence-corrected chi connectivity index (χ0v) is 11.0. The van der Waals surface area contributed by atoms with E-state index in [1.54, 1.807) is 6.07 Å². The first-order chi connectivity index (χ1) is 8.22. The number of halogens is 2. The molecule has 0 aliphatic carbocycles. The molecule has 1 N–H and O–H groups in total. The second kappa shape index (κ2) is 5.85. The highest BCUT2D eigenvalue weighted by molar-refractivity contribution is 6.33. The summed E-state index contributed by atoms with van der Waals surface area (Å²) in [5.41, 5.74) is 0.771. The molecule has 0 spiro atoms. The van der Waals surface area contributed by atoms with E-state index < -0.39 is 0 Å². The molecule has 0 bridgehead atoms. The van der Waals surface area contributed by atoms with Crippen LogP contribution in [0, 0.1) is 0 Å². The van der Waals surface area contributed by atoms with E-state index in [4.69, 9.17) is 23.2 Å². The highest BCUT2D eigenvalue weighted by Crippen LogP contribution is 2.30. The summed E-state index contributed by atoms with van der Waals surface area (Å²) in [5, 5.41) is 17.6. The first-order valence-electron chi connectivity index (χ1n) is 5.78. The van der Waals surface area contributed by atoms with Gasteiger partial charge in [0.15, 0.2) is 10.3 Å². The van der Waals surface area contributed by atoms with Crippen molar-refractivity contribution >= 4 is 28.9 Å². The van der Waals surface area contributed by atoms with Gasteiger partial charge >= 0.3 is 0 Å². The van der Waals surface area contributed by atoms with Crippen LogP contribution in [0.5, 0.6) is 0 Å². The molecule has 1 aliphatic heterocycles. The predicted molar refractivity (Wildman–Crippen MR) is 68.7 cm³/mol. The smallest absolute Gasteiger partial charge is 0.175 e. The van der Waals surface area contributed by atoms with E-state index in [1.807, 2.05) is 0 Å². The van der Waals surface area contributed by atoms with Gasteiger partial charge in [-0.3, -0.25) is 0 Å². The van der Waals surface area contributed by atoms with Crippen molar-refractivity contribution in [1.82, 2.24) is 10.2 Å². The quantitative estimate of drug-likeness (QED) is 0.901. The minimum absolute atomic E-state index is 0.0928. The average Bonchev–Trinajstić information content (AvgIpc) is 2.57. The van der Waals surface area contributed by atoms with E-state index in [-0.39, 0.29) is 12.6 Å². The SMILES string of the molecule is OCC1CCCCCN1c1cc(Cl)nnc1Cl. The highest BCUT2D eigenvalue weighted by atomic mass is 35.5. The first-order valence-corrected chi connectivity index (χ1v) is 6.54. The fourth-order valence-electron chi connectivity index (χ4n) is 2.23. The second-order valence-corrected chi connectivity index (χ2v) is 4.97. The molecule has 2 heterocycles. The molecule has 2 rings (SSSR count). The maximum absolute atomic E-state index is 9.45. The van der Waals surface area contributed by atoms with E-state index in [1.165, 1.54) is 6.42 Å². The number of hydrogen-bond acceptors (Lipinski definition) is 4. The number of aliphatic hydroxyl groups is 1. The van der Waals surface area contributed by atoms with E-state index in [2.05, 4.69) is 15.1 Å². The fraction of sp³-hybridized carbons (Fsp3) is 0.636. The molecule has 94 valence electrons. The minimum Gasteiger partial charge on any atom is -0.394 e. The summed E-state index contributed by atoms with van der Waals surface area (Å²) in [6.45, 7) is 0.989. The Bertz CT molecular complexity index is 389. The molecule has 6 heteroatoms. The van der Waals surface area contributed by atoms with Gasteiger partial charge in [-0.05, 0) is 12.8 Å². The van der Waals surface area contributed by atoms with Crippen LogP contribution in [0.15, 0.2) is 6.07 Å². The van der Waals surface area contributed by atoms with Crippen molar-refractivity contribution in [1.29, 1.82) is 0 Å². The van der Waals surface area contributed by atoms with Crippen molar-refractivity contribution < 1.29 is 5.11 Å². The molecule has 1 atom stereocenters. The number of hydrogen-bond donors (Lipinski definition) is 1. The monoisotopic (exact) mass is 275 g/mol. The van der Waals surface area contributed by atoms with Crippen LogP contribution in [0.1, 0.15) is 25.7 Å². The van der Waals surface area contributed by atoms with E-state index in [9.17, 15) is 5.11 Å². The third-order valence-corrected chi connectivity index (χ3v) is 3.55. The Morgan fingerprint density at radius 3 is 2.88 bits per heavy atom. The van der Waals surface area contributed by atoms with E-state index in [0.717, 1.165) is 31.5 Å². The molecule has 1 unspecified atom stereocenters. The third-order valence-electron chi connectivity index (χ3n) is 3.10. The van der Waals surface area contributed by atoms with Gasteiger partial charge in [0.05, 0.1) is 18.3 Å². The molecule has 4 nitrogen and oxygen atoms in total. The Morgan fingerprint density at radius 2 is 2.12 bits per heavy atom.